The molecule has 0 bridgehead atoms. The van der Waals surface area contributed by atoms with E-state index in [0.717, 1.165) is 23.1 Å². The number of carbonyl (C=O) groups excluding carboxylic acids is 2. The third-order valence-electron chi connectivity index (χ3n) is 4.96. The van der Waals surface area contributed by atoms with Crippen LogP contribution in [0, 0.1) is 13.8 Å². The Morgan fingerprint density at radius 3 is 2.53 bits per heavy atom. The van der Waals surface area contributed by atoms with Gasteiger partial charge in [0.05, 0.1) is 10.0 Å². The maximum Gasteiger partial charge on any atom is 0.261 e. The summed E-state index contributed by atoms with van der Waals surface area (Å²) in [6.45, 7) is 8.21. The summed E-state index contributed by atoms with van der Waals surface area (Å²) in [6, 6.07) is 10.2. The summed E-state index contributed by atoms with van der Waals surface area (Å²) in [5, 5.41) is 3.68. The molecular formula is C23H28Cl2N2O3. The van der Waals surface area contributed by atoms with Gasteiger partial charge in [-0.15, -0.1) is 0 Å². The van der Waals surface area contributed by atoms with E-state index < -0.39 is 6.04 Å². The molecule has 2 aromatic carbocycles. The van der Waals surface area contributed by atoms with Crippen molar-refractivity contribution in [3.63, 3.8) is 0 Å². The van der Waals surface area contributed by atoms with Gasteiger partial charge in [-0.2, -0.15) is 0 Å². The molecule has 0 aliphatic heterocycles. The van der Waals surface area contributed by atoms with E-state index in [1.165, 1.54) is 4.90 Å². The van der Waals surface area contributed by atoms with Gasteiger partial charge in [0.25, 0.3) is 5.91 Å². The van der Waals surface area contributed by atoms with Crippen molar-refractivity contribution in [2.24, 2.45) is 0 Å². The van der Waals surface area contributed by atoms with E-state index in [1.807, 2.05) is 39.0 Å². The highest BCUT2D eigenvalue weighted by atomic mass is 35.5. The Bertz CT molecular complexity index is 902. The van der Waals surface area contributed by atoms with Gasteiger partial charge >= 0.3 is 0 Å². The van der Waals surface area contributed by atoms with E-state index >= 15 is 0 Å². The maximum atomic E-state index is 13.1. The molecule has 0 saturated heterocycles. The molecule has 2 rings (SSSR count). The van der Waals surface area contributed by atoms with Gasteiger partial charge in [0.2, 0.25) is 5.91 Å². The van der Waals surface area contributed by atoms with Crippen molar-refractivity contribution in [1.82, 2.24) is 10.2 Å². The number of hydrogen-bond acceptors (Lipinski definition) is 3. The van der Waals surface area contributed by atoms with Crippen molar-refractivity contribution in [3.05, 3.63) is 63.1 Å². The fraction of sp³-hybridized carbons (Fsp3) is 0.391. The highest BCUT2D eigenvalue weighted by molar-refractivity contribution is 6.42. The van der Waals surface area contributed by atoms with Crippen LogP contribution >= 0.6 is 23.2 Å². The molecule has 0 unspecified atom stereocenters. The third kappa shape index (κ3) is 6.38. The fourth-order valence-corrected chi connectivity index (χ4v) is 3.24. The van der Waals surface area contributed by atoms with Crippen molar-refractivity contribution < 1.29 is 14.3 Å². The first-order valence-electron chi connectivity index (χ1n) is 9.94. The molecule has 7 heteroatoms. The molecule has 0 radical (unpaired) electrons. The summed E-state index contributed by atoms with van der Waals surface area (Å²) in [5.74, 6) is 0.152. The Balaban J connectivity index is 2.19. The number of carbonyl (C=O) groups is 2. The third-order valence-corrected chi connectivity index (χ3v) is 5.70. The molecular weight excluding hydrogens is 423 g/mol. The normalized spacial score (nSPS) is 11.7. The van der Waals surface area contributed by atoms with E-state index in [9.17, 15) is 9.59 Å². The van der Waals surface area contributed by atoms with Gasteiger partial charge in [0, 0.05) is 13.1 Å². The number of hydrogen-bond donors (Lipinski definition) is 1. The SMILES string of the molecule is CCCNC(=O)[C@H](C)N(Cc1ccc(Cl)c(Cl)c1)C(=O)COc1cccc(C)c1C. The highest BCUT2D eigenvalue weighted by Crippen LogP contribution is 2.24. The molecule has 2 amide bonds. The zero-order valence-corrected chi connectivity index (χ0v) is 19.3. The highest BCUT2D eigenvalue weighted by Gasteiger charge is 2.26. The predicted molar refractivity (Wildman–Crippen MR) is 121 cm³/mol. The van der Waals surface area contributed by atoms with Crippen LogP contribution in [0.1, 0.15) is 37.0 Å². The first-order valence-corrected chi connectivity index (χ1v) is 10.7. The van der Waals surface area contributed by atoms with Crippen molar-refractivity contribution in [1.29, 1.82) is 0 Å². The van der Waals surface area contributed by atoms with Crippen molar-refractivity contribution in [2.45, 2.75) is 46.7 Å². The van der Waals surface area contributed by atoms with Gasteiger partial charge in [0.1, 0.15) is 11.8 Å². The van der Waals surface area contributed by atoms with Gasteiger partial charge in [-0.25, -0.2) is 0 Å². The Kier molecular flexibility index (Phi) is 9.00. The molecule has 1 N–H and O–H groups in total. The number of benzene rings is 2. The number of aryl methyl sites for hydroxylation is 1. The lowest BCUT2D eigenvalue weighted by atomic mass is 10.1. The number of rotatable bonds is 9. The monoisotopic (exact) mass is 450 g/mol. The van der Waals surface area contributed by atoms with Crippen LogP contribution in [0.2, 0.25) is 10.0 Å². The Morgan fingerprint density at radius 1 is 1.13 bits per heavy atom. The van der Waals surface area contributed by atoms with Crippen LogP contribution in [-0.4, -0.2) is 35.9 Å². The molecule has 0 aromatic heterocycles. The summed E-state index contributed by atoms with van der Waals surface area (Å²) < 4.78 is 5.78. The molecule has 0 spiro atoms. The molecule has 0 saturated carbocycles. The minimum Gasteiger partial charge on any atom is -0.483 e. The van der Waals surface area contributed by atoms with E-state index in [0.29, 0.717) is 22.3 Å². The van der Waals surface area contributed by atoms with Crippen LogP contribution < -0.4 is 10.1 Å². The maximum absolute atomic E-state index is 13.1. The zero-order valence-electron chi connectivity index (χ0n) is 17.8. The van der Waals surface area contributed by atoms with E-state index in [4.69, 9.17) is 27.9 Å². The van der Waals surface area contributed by atoms with Crippen LogP contribution in [0.4, 0.5) is 0 Å². The van der Waals surface area contributed by atoms with Crippen LogP contribution in [0.3, 0.4) is 0 Å². The lowest BCUT2D eigenvalue weighted by Gasteiger charge is -2.29. The lowest BCUT2D eigenvalue weighted by Crippen LogP contribution is -2.49. The standard InChI is InChI=1S/C23H28Cl2N2O3/c1-5-11-26-23(29)17(4)27(13-18-9-10-19(24)20(25)12-18)22(28)14-30-21-8-6-7-15(2)16(21)3/h6-10,12,17H,5,11,13-14H2,1-4H3,(H,26,29)/t17-/m0/s1. The summed E-state index contributed by atoms with van der Waals surface area (Å²) in [7, 11) is 0. The minimum atomic E-state index is -0.666. The number of amides is 2. The van der Waals surface area contributed by atoms with E-state index in [-0.39, 0.29) is 25.0 Å². The molecule has 0 heterocycles. The average Bonchev–Trinajstić information content (AvgIpc) is 2.73. The van der Waals surface area contributed by atoms with Gasteiger partial charge in [-0.1, -0.05) is 48.3 Å². The lowest BCUT2D eigenvalue weighted by molar-refractivity contribution is -0.142. The molecule has 0 aliphatic rings. The van der Waals surface area contributed by atoms with E-state index in [2.05, 4.69) is 5.32 Å². The topological polar surface area (TPSA) is 58.6 Å². The number of nitrogens with zero attached hydrogens (tertiary/aromatic N) is 1. The molecule has 2 aromatic rings. The van der Waals surface area contributed by atoms with Crippen molar-refractivity contribution in [2.75, 3.05) is 13.2 Å². The molecule has 0 aliphatic carbocycles. The van der Waals surface area contributed by atoms with Crippen LogP contribution in [0.25, 0.3) is 0 Å². The largest absolute Gasteiger partial charge is 0.483 e. The Morgan fingerprint density at radius 2 is 1.87 bits per heavy atom. The second kappa shape index (κ2) is 11.2. The minimum absolute atomic E-state index is 0.170. The van der Waals surface area contributed by atoms with Crippen molar-refractivity contribution in [3.8, 4) is 5.75 Å². The van der Waals surface area contributed by atoms with Gasteiger partial charge in [0.15, 0.2) is 6.61 Å². The van der Waals surface area contributed by atoms with Gasteiger partial charge < -0.3 is 15.0 Å². The summed E-state index contributed by atoms with van der Waals surface area (Å²) >= 11 is 12.1. The van der Waals surface area contributed by atoms with E-state index in [1.54, 1.807) is 25.1 Å². The summed E-state index contributed by atoms with van der Waals surface area (Å²) in [6.07, 6.45) is 0.814. The summed E-state index contributed by atoms with van der Waals surface area (Å²) in [5.41, 5.74) is 2.84. The van der Waals surface area contributed by atoms with Crippen LogP contribution in [0.15, 0.2) is 36.4 Å². The number of ether oxygens (including phenoxy) is 1. The number of nitrogens with one attached hydrogen (secondary N) is 1. The number of halogens is 2. The van der Waals surface area contributed by atoms with Gasteiger partial charge in [-0.3, -0.25) is 9.59 Å². The van der Waals surface area contributed by atoms with Crippen LogP contribution in [0.5, 0.6) is 5.75 Å². The molecule has 30 heavy (non-hydrogen) atoms. The molecule has 5 nitrogen and oxygen atoms in total. The molecule has 162 valence electrons. The fourth-order valence-electron chi connectivity index (χ4n) is 2.92. The smallest absolute Gasteiger partial charge is 0.261 e. The first-order chi connectivity index (χ1) is 14.2. The summed E-state index contributed by atoms with van der Waals surface area (Å²) in [4.78, 5) is 27.1. The molecule has 1 atom stereocenters. The Hall–Kier alpha value is -2.24. The van der Waals surface area contributed by atoms with Crippen molar-refractivity contribution >= 4 is 35.0 Å². The molecule has 0 fully saturated rings. The van der Waals surface area contributed by atoms with Crippen LogP contribution in [-0.2, 0) is 16.1 Å². The quantitative estimate of drug-likeness (QED) is 0.588. The second-order valence-electron chi connectivity index (χ2n) is 7.22. The van der Waals surface area contributed by atoms with Gasteiger partial charge in [-0.05, 0) is 62.1 Å². The first kappa shape index (κ1) is 24.0. The predicted octanol–water partition coefficient (Wildman–Crippen LogP) is 4.93. The second-order valence-corrected chi connectivity index (χ2v) is 8.04. The Labute approximate surface area is 188 Å². The zero-order chi connectivity index (χ0) is 22.3. The average molecular weight is 451 g/mol.